The SMILES string of the molecule is CCOC(=O)Nc1ccc2c(C[NH+]3CCc4ccccc4C3)cc(=O)oc2c1. The predicted molar refractivity (Wildman–Crippen MR) is 107 cm³/mol. The molecule has 0 fully saturated rings. The Labute approximate surface area is 162 Å². The molecule has 6 heteroatoms. The minimum absolute atomic E-state index is 0.292. The van der Waals surface area contributed by atoms with E-state index in [0.717, 1.165) is 37.0 Å². The molecule has 0 aliphatic carbocycles. The Balaban J connectivity index is 1.59. The summed E-state index contributed by atoms with van der Waals surface area (Å²) in [6, 6.07) is 15.5. The fourth-order valence-electron chi connectivity index (χ4n) is 3.80. The number of hydrogen-bond donors (Lipinski definition) is 2. The van der Waals surface area contributed by atoms with Crippen LogP contribution < -0.4 is 15.8 Å². The van der Waals surface area contributed by atoms with Crippen molar-refractivity contribution in [1.82, 2.24) is 0 Å². The number of nitrogens with one attached hydrogen (secondary N) is 2. The fourth-order valence-corrected chi connectivity index (χ4v) is 3.80. The minimum atomic E-state index is -0.531. The smallest absolute Gasteiger partial charge is 0.411 e. The van der Waals surface area contributed by atoms with Crippen molar-refractivity contribution in [2.24, 2.45) is 0 Å². The topological polar surface area (TPSA) is 73.0 Å². The summed E-state index contributed by atoms with van der Waals surface area (Å²) in [5, 5.41) is 3.53. The highest BCUT2D eigenvalue weighted by Crippen LogP contribution is 2.21. The molecule has 1 aliphatic heterocycles. The molecule has 1 amide bonds. The summed E-state index contributed by atoms with van der Waals surface area (Å²) in [6.45, 7) is 4.76. The Morgan fingerprint density at radius 3 is 2.82 bits per heavy atom. The first-order valence-corrected chi connectivity index (χ1v) is 9.53. The molecule has 6 nitrogen and oxygen atoms in total. The highest BCUT2D eigenvalue weighted by Gasteiger charge is 2.20. The Kier molecular flexibility index (Phi) is 5.12. The molecule has 2 N–H and O–H groups in total. The molecule has 2 aromatic carbocycles. The molecule has 28 heavy (non-hydrogen) atoms. The normalized spacial score (nSPS) is 15.8. The van der Waals surface area contributed by atoms with Crippen molar-refractivity contribution in [3.05, 3.63) is 75.6 Å². The lowest BCUT2D eigenvalue weighted by Gasteiger charge is -2.26. The Hall–Kier alpha value is -3.12. The highest BCUT2D eigenvalue weighted by atomic mass is 16.5. The maximum atomic E-state index is 12.1. The van der Waals surface area contributed by atoms with Crippen LogP contribution in [0.3, 0.4) is 0 Å². The minimum Gasteiger partial charge on any atom is -0.450 e. The van der Waals surface area contributed by atoms with E-state index in [1.54, 1.807) is 25.1 Å². The number of hydrogen-bond acceptors (Lipinski definition) is 4. The van der Waals surface area contributed by atoms with Gasteiger partial charge in [0.05, 0.1) is 13.2 Å². The van der Waals surface area contributed by atoms with Crippen molar-refractivity contribution in [3.63, 3.8) is 0 Å². The molecule has 1 aliphatic rings. The van der Waals surface area contributed by atoms with E-state index in [1.807, 2.05) is 6.07 Å². The van der Waals surface area contributed by atoms with Gasteiger partial charge in [0.1, 0.15) is 18.7 Å². The Bertz CT molecular complexity index is 1070. The van der Waals surface area contributed by atoms with Crippen LogP contribution in [0.25, 0.3) is 11.0 Å². The Morgan fingerprint density at radius 1 is 1.18 bits per heavy atom. The van der Waals surface area contributed by atoms with Gasteiger partial charge in [-0.3, -0.25) is 5.32 Å². The maximum absolute atomic E-state index is 12.1. The molecular formula is C22H23N2O4+. The van der Waals surface area contributed by atoms with Gasteiger partial charge in [-0.25, -0.2) is 9.59 Å². The lowest BCUT2D eigenvalue weighted by molar-refractivity contribution is -0.929. The van der Waals surface area contributed by atoms with Crippen molar-refractivity contribution < 1.29 is 18.8 Å². The predicted octanol–water partition coefficient (Wildman–Crippen LogP) is 2.50. The molecule has 0 bridgehead atoms. The van der Waals surface area contributed by atoms with Crippen molar-refractivity contribution in [3.8, 4) is 0 Å². The number of carbonyl (C=O) groups is 1. The average Bonchev–Trinajstić information content (AvgIpc) is 2.67. The summed E-state index contributed by atoms with van der Waals surface area (Å²) in [4.78, 5) is 25.1. The first-order chi connectivity index (χ1) is 13.6. The van der Waals surface area contributed by atoms with Gasteiger partial charge >= 0.3 is 11.7 Å². The van der Waals surface area contributed by atoms with E-state index in [0.29, 0.717) is 17.9 Å². The third-order valence-electron chi connectivity index (χ3n) is 5.10. The second-order valence-electron chi connectivity index (χ2n) is 7.02. The van der Waals surface area contributed by atoms with Crippen LogP contribution in [0, 0.1) is 0 Å². The zero-order valence-electron chi connectivity index (χ0n) is 15.8. The molecule has 0 spiro atoms. The summed E-state index contributed by atoms with van der Waals surface area (Å²) in [7, 11) is 0. The summed E-state index contributed by atoms with van der Waals surface area (Å²) in [5.74, 6) is 0. The van der Waals surface area contributed by atoms with Crippen molar-refractivity contribution >= 4 is 22.7 Å². The van der Waals surface area contributed by atoms with Crippen LogP contribution in [0.1, 0.15) is 23.6 Å². The summed E-state index contributed by atoms with van der Waals surface area (Å²) in [6.07, 6.45) is 0.509. The van der Waals surface area contributed by atoms with Gasteiger partial charge in [-0.2, -0.15) is 0 Å². The number of fused-ring (bicyclic) bond motifs is 2. The number of quaternary nitrogens is 1. The van der Waals surface area contributed by atoms with E-state index in [-0.39, 0.29) is 5.63 Å². The van der Waals surface area contributed by atoms with Crippen LogP contribution in [0.4, 0.5) is 10.5 Å². The number of amides is 1. The molecule has 4 rings (SSSR count). The third-order valence-corrected chi connectivity index (χ3v) is 5.10. The van der Waals surface area contributed by atoms with E-state index in [2.05, 4.69) is 29.6 Å². The van der Waals surface area contributed by atoms with E-state index in [4.69, 9.17) is 9.15 Å². The van der Waals surface area contributed by atoms with E-state index in [9.17, 15) is 9.59 Å². The standard InChI is InChI=1S/C22H22N2O4/c1-2-27-22(26)23-18-7-8-19-17(11-21(25)28-20(19)12-18)14-24-10-9-15-5-3-4-6-16(15)13-24/h3-8,11-12H,2,9-10,13-14H2,1H3,(H,23,26)/p+1. The first-order valence-electron chi connectivity index (χ1n) is 9.53. The van der Waals surface area contributed by atoms with Gasteiger partial charge in [-0.05, 0) is 24.6 Å². The number of ether oxygens (including phenoxy) is 1. The van der Waals surface area contributed by atoms with E-state index in [1.165, 1.54) is 16.0 Å². The van der Waals surface area contributed by atoms with Crippen molar-refractivity contribution in [1.29, 1.82) is 0 Å². The van der Waals surface area contributed by atoms with Gasteiger partial charge in [0, 0.05) is 40.8 Å². The lowest BCUT2D eigenvalue weighted by Crippen LogP contribution is -3.10. The van der Waals surface area contributed by atoms with Crippen LogP contribution in [-0.2, 0) is 24.2 Å². The first kappa shape index (κ1) is 18.3. The molecule has 0 saturated carbocycles. The van der Waals surface area contributed by atoms with Crippen molar-refractivity contribution in [2.75, 3.05) is 18.5 Å². The molecule has 1 aromatic heterocycles. The quantitative estimate of drug-likeness (QED) is 0.683. The molecular weight excluding hydrogens is 356 g/mol. The number of benzene rings is 2. The number of anilines is 1. The van der Waals surface area contributed by atoms with Crippen LogP contribution in [0.15, 0.2) is 57.7 Å². The van der Waals surface area contributed by atoms with Crippen molar-refractivity contribution in [2.45, 2.75) is 26.4 Å². The van der Waals surface area contributed by atoms with Gasteiger partial charge in [0.25, 0.3) is 0 Å². The van der Waals surface area contributed by atoms with Gasteiger partial charge in [0.2, 0.25) is 0 Å². The number of rotatable bonds is 4. The van der Waals surface area contributed by atoms with E-state index < -0.39 is 6.09 Å². The zero-order valence-corrected chi connectivity index (χ0v) is 15.8. The summed E-state index contributed by atoms with van der Waals surface area (Å²) < 4.78 is 10.3. The van der Waals surface area contributed by atoms with Gasteiger partial charge in [-0.15, -0.1) is 0 Å². The average molecular weight is 379 g/mol. The molecule has 144 valence electrons. The second kappa shape index (κ2) is 7.86. The molecule has 3 aromatic rings. The summed E-state index contributed by atoms with van der Waals surface area (Å²) >= 11 is 0. The monoisotopic (exact) mass is 379 g/mol. The largest absolute Gasteiger partial charge is 0.450 e. The lowest BCUT2D eigenvalue weighted by atomic mass is 9.99. The van der Waals surface area contributed by atoms with Crippen LogP contribution in [-0.4, -0.2) is 19.2 Å². The van der Waals surface area contributed by atoms with Crippen LogP contribution >= 0.6 is 0 Å². The Morgan fingerprint density at radius 2 is 2.00 bits per heavy atom. The fraction of sp³-hybridized carbons (Fsp3) is 0.273. The molecule has 0 radical (unpaired) electrons. The van der Waals surface area contributed by atoms with Gasteiger partial charge < -0.3 is 14.1 Å². The molecule has 1 atom stereocenters. The zero-order chi connectivity index (χ0) is 19.5. The van der Waals surface area contributed by atoms with Gasteiger partial charge in [0.15, 0.2) is 0 Å². The maximum Gasteiger partial charge on any atom is 0.411 e. The number of carbonyl (C=O) groups excluding carboxylic acids is 1. The molecule has 1 unspecified atom stereocenters. The second-order valence-corrected chi connectivity index (χ2v) is 7.02. The third kappa shape index (κ3) is 3.92. The van der Waals surface area contributed by atoms with Crippen LogP contribution in [0.5, 0.6) is 0 Å². The van der Waals surface area contributed by atoms with E-state index >= 15 is 0 Å². The van der Waals surface area contributed by atoms with Crippen LogP contribution in [0.2, 0.25) is 0 Å². The molecule has 2 heterocycles. The van der Waals surface area contributed by atoms with Gasteiger partial charge in [-0.1, -0.05) is 24.3 Å². The highest BCUT2D eigenvalue weighted by molar-refractivity contribution is 5.89. The summed E-state index contributed by atoms with van der Waals surface area (Å²) in [5.41, 5.74) is 4.37. The molecule has 0 saturated heterocycles.